The van der Waals surface area contributed by atoms with Gasteiger partial charge in [-0.2, -0.15) is 0 Å². The summed E-state index contributed by atoms with van der Waals surface area (Å²) in [6.07, 6.45) is 9.35. The molecule has 0 radical (unpaired) electrons. The number of nitrogens with one attached hydrogen (secondary N) is 1. The Hall–Kier alpha value is -1.29. The lowest BCUT2D eigenvalue weighted by Crippen LogP contribution is -2.36. The molecule has 1 aliphatic rings. The molecule has 0 bridgehead atoms. The molecule has 112 valence electrons. The van der Waals surface area contributed by atoms with Gasteiger partial charge in [0.2, 0.25) is 0 Å². The number of hydrogen-bond acceptors (Lipinski definition) is 4. The molecule has 4 nitrogen and oxygen atoms in total. The summed E-state index contributed by atoms with van der Waals surface area (Å²) in [5.41, 5.74) is 0.481. The van der Waals surface area contributed by atoms with Crippen LogP contribution in [0.25, 0.3) is 0 Å². The van der Waals surface area contributed by atoms with Crippen molar-refractivity contribution in [1.29, 1.82) is 0 Å². The monoisotopic (exact) mass is 279 g/mol. The van der Waals surface area contributed by atoms with Crippen LogP contribution in [-0.2, 0) is 11.3 Å². The first-order valence-electron chi connectivity index (χ1n) is 7.63. The van der Waals surface area contributed by atoms with Crippen molar-refractivity contribution in [2.45, 2.75) is 58.0 Å². The smallest absolute Gasteiger partial charge is 0.341 e. The number of esters is 1. The molecule has 20 heavy (non-hydrogen) atoms. The summed E-state index contributed by atoms with van der Waals surface area (Å²) in [6.45, 7) is 2.90. The Morgan fingerprint density at radius 3 is 2.85 bits per heavy atom. The number of carbonyl (C=O) groups excluding carboxylic acids is 1. The van der Waals surface area contributed by atoms with E-state index in [0.717, 1.165) is 18.1 Å². The molecule has 1 unspecified atom stereocenters. The summed E-state index contributed by atoms with van der Waals surface area (Å²) in [5, 5.41) is 3.58. The Kier molecular flexibility index (Phi) is 5.65. The highest BCUT2D eigenvalue weighted by Gasteiger charge is 2.22. The Morgan fingerprint density at radius 2 is 2.20 bits per heavy atom. The van der Waals surface area contributed by atoms with E-state index in [1.54, 1.807) is 6.07 Å². The van der Waals surface area contributed by atoms with Gasteiger partial charge >= 0.3 is 5.97 Å². The Balaban J connectivity index is 1.86. The van der Waals surface area contributed by atoms with Gasteiger partial charge in [-0.15, -0.1) is 0 Å². The van der Waals surface area contributed by atoms with Crippen LogP contribution < -0.4 is 5.32 Å². The second-order valence-corrected chi connectivity index (χ2v) is 5.59. The first-order valence-corrected chi connectivity index (χ1v) is 7.63. The predicted molar refractivity (Wildman–Crippen MR) is 77.5 cm³/mol. The molecule has 1 aromatic rings. The van der Waals surface area contributed by atoms with Crippen molar-refractivity contribution in [3.8, 4) is 0 Å². The van der Waals surface area contributed by atoms with Crippen LogP contribution in [0.15, 0.2) is 16.7 Å². The molecule has 1 fully saturated rings. The second kappa shape index (κ2) is 7.48. The summed E-state index contributed by atoms with van der Waals surface area (Å²) in [7, 11) is 1.38. The number of hydrogen-bond donors (Lipinski definition) is 1. The highest BCUT2D eigenvalue weighted by molar-refractivity contribution is 5.88. The van der Waals surface area contributed by atoms with Gasteiger partial charge in [0, 0.05) is 6.04 Å². The highest BCUT2D eigenvalue weighted by Crippen LogP contribution is 2.27. The van der Waals surface area contributed by atoms with Crippen molar-refractivity contribution in [2.75, 3.05) is 7.11 Å². The van der Waals surface area contributed by atoms with E-state index < -0.39 is 0 Å². The first-order chi connectivity index (χ1) is 9.74. The Bertz CT molecular complexity index is 421. The average Bonchev–Trinajstić information content (AvgIpc) is 2.97. The van der Waals surface area contributed by atoms with Gasteiger partial charge in [-0.1, -0.05) is 26.2 Å². The van der Waals surface area contributed by atoms with Crippen molar-refractivity contribution >= 4 is 5.97 Å². The van der Waals surface area contributed by atoms with Crippen LogP contribution in [0.1, 0.15) is 61.6 Å². The summed E-state index contributed by atoms with van der Waals surface area (Å²) in [5.74, 6) is 1.22. The molecule has 4 heteroatoms. The van der Waals surface area contributed by atoms with Crippen molar-refractivity contribution in [1.82, 2.24) is 5.32 Å². The zero-order valence-electron chi connectivity index (χ0n) is 12.5. The van der Waals surface area contributed by atoms with E-state index >= 15 is 0 Å². The second-order valence-electron chi connectivity index (χ2n) is 5.59. The maximum absolute atomic E-state index is 11.4. The largest absolute Gasteiger partial charge is 0.467 e. The molecule has 0 saturated heterocycles. The molecular formula is C16H25NO3. The fourth-order valence-electron chi connectivity index (χ4n) is 3.11. The number of furan rings is 1. The first kappa shape index (κ1) is 15.1. The van der Waals surface area contributed by atoms with Gasteiger partial charge in [0.05, 0.1) is 19.2 Å². The van der Waals surface area contributed by atoms with Gasteiger partial charge in [-0.25, -0.2) is 4.79 Å². The predicted octanol–water partition coefficient (Wildman–Crippen LogP) is 3.51. The number of methoxy groups -OCH3 is 1. The molecule has 1 aliphatic carbocycles. The van der Waals surface area contributed by atoms with Crippen LogP contribution in [0.3, 0.4) is 0 Å². The molecule has 1 aromatic heterocycles. The third kappa shape index (κ3) is 3.85. The van der Waals surface area contributed by atoms with Crippen LogP contribution in [-0.4, -0.2) is 19.1 Å². The highest BCUT2D eigenvalue weighted by atomic mass is 16.5. The fourth-order valence-corrected chi connectivity index (χ4v) is 3.11. The summed E-state index contributed by atoms with van der Waals surface area (Å²) >= 11 is 0. The van der Waals surface area contributed by atoms with Gasteiger partial charge in [-0.3, -0.25) is 0 Å². The van der Waals surface area contributed by atoms with Crippen LogP contribution in [0.2, 0.25) is 0 Å². The van der Waals surface area contributed by atoms with Crippen molar-refractivity contribution < 1.29 is 13.9 Å². The SMILES string of the molecule is CCC(NCc1cc(C(=O)OC)co1)C1CCCCC1. The molecule has 0 aliphatic heterocycles. The molecule has 0 amide bonds. The molecule has 1 N–H and O–H groups in total. The van der Waals surface area contributed by atoms with Crippen molar-refractivity contribution in [2.24, 2.45) is 5.92 Å². The van der Waals surface area contributed by atoms with Gasteiger partial charge in [0.1, 0.15) is 12.0 Å². The molecule has 1 atom stereocenters. The topological polar surface area (TPSA) is 51.5 Å². The van der Waals surface area contributed by atoms with Gasteiger partial charge in [0.15, 0.2) is 0 Å². The molecule has 1 saturated carbocycles. The van der Waals surface area contributed by atoms with Crippen molar-refractivity contribution in [3.05, 3.63) is 23.7 Å². The fraction of sp³-hybridized carbons (Fsp3) is 0.688. The molecular weight excluding hydrogens is 254 g/mol. The third-order valence-electron chi connectivity index (χ3n) is 4.27. The minimum absolute atomic E-state index is 0.348. The van der Waals surface area contributed by atoms with E-state index in [2.05, 4.69) is 17.0 Å². The normalized spacial score (nSPS) is 17.9. The van der Waals surface area contributed by atoms with Crippen LogP contribution in [0.5, 0.6) is 0 Å². The third-order valence-corrected chi connectivity index (χ3v) is 4.27. The zero-order chi connectivity index (χ0) is 14.4. The van der Waals surface area contributed by atoms with E-state index in [0.29, 0.717) is 18.2 Å². The molecule has 1 heterocycles. The molecule has 0 aromatic carbocycles. The minimum atomic E-state index is -0.348. The van der Waals surface area contributed by atoms with E-state index in [9.17, 15) is 4.79 Å². The van der Waals surface area contributed by atoms with Crippen molar-refractivity contribution in [3.63, 3.8) is 0 Å². The Labute approximate surface area is 120 Å². The van der Waals surface area contributed by atoms with Crippen LogP contribution in [0.4, 0.5) is 0 Å². The lowest BCUT2D eigenvalue weighted by atomic mass is 9.83. The number of rotatable bonds is 6. The van der Waals surface area contributed by atoms with Gasteiger partial charge < -0.3 is 14.5 Å². The summed E-state index contributed by atoms with van der Waals surface area (Å²) in [6, 6.07) is 2.30. The van der Waals surface area contributed by atoms with E-state index in [-0.39, 0.29) is 5.97 Å². The lowest BCUT2D eigenvalue weighted by Gasteiger charge is -2.30. The average molecular weight is 279 g/mol. The number of carbonyl (C=O) groups is 1. The molecule has 0 spiro atoms. The molecule has 2 rings (SSSR count). The minimum Gasteiger partial charge on any atom is -0.467 e. The van der Waals surface area contributed by atoms with Gasteiger partial charge in [0.25, 0.3) is 0 Å². The van der Waals surface area contributed by atoms with E-state index in [1.807, 2.05) is 0 Å². The van der Waals surface area contributed by atoms with Gasteiger partial charge in [-0.05, 0) is 31.2 Å². The Morgan fingerprint density at radius 1 is 1.45 bits per heavy atom. The zero-order valence-corrected chi connectivity index (χ0v) is 12.5. The quantitative estimate of drug-likeness (QED) is 0.810. The maximum atomic E-state index is 11.4. The standard InChI is InChI=1S/C16H25NO3/c1-3-15(12-7-5-4-6-8-12)17-10-14-9-13(11-20-14)16(18)19-2/h9,11-12,15,17H,3-8,10H2,1-2H3. The van der Waals surface area contributed by atoms with Crippen LogP contribution in [0, 0.1) is 5.92 Å². The number of ether oxygens (including phenoxy) is 1. The van der Waals surface area contributed by atoms with E-state index in [1.165, 1.54) is 45.5 Å². The van der Waals surface area contributed by atoms with E-state index in [4.69, 9.17) is 4.42 Å². The summed E-state index contributed by atoms with van der Waals surface area (Å²) in [4.78, 5) is 11.4. The lowest BCUT2D eigenvalue weighted by molar-refractivity contribution is 0.0600. The van der Waals surface area contributed by atoms with Crippen LogP contribution >= 0.6 is 0 Å². The maximum Gasteiger partial charge on any atom is 0.341 e. The summed E-state index contributed by atoms with van der Waals surface area (Å²) < 4.78 is 10.1.